The molecule has 1 aromatic rings. The fourth-order valence-corrected chi connectivity index (χ4v) is 2.89. The van der Waals surface area contributed by atoms with Crippen LogP contribution in [0.5, 0.6) is 0 Å². The zero-order valence-corrected chi connectivity index (χ0v) is 14.4. The Morgan fingerprint density at radius 3 is 2.61 bits per heavy atom. The number of amides is 2. The number of likely N-dealkylation sites (N-methyl/N-ethyl adjacent to an activating group) is 1. The van der Waals surface area contributed by atoms with Crippen molar-refractivity contribution in [2.24, 2.45) is 0 Å². The molecule has 1 atom stereocenters. The number of nitrogens with zero attached hydrogens (tertiary/aromatic N) is 1. The Morgan fingerprint density at radius 1 is 1.30 bits per heavy atom. The van der Waals surface area contributed by atoms with E-state index in [1.54, 1.807) is 30.1 Å². The minimum atomic E-state index is -0.354. The highest BCUT2D eigenvalue weighted by Gasteiger charge is 2.24. The van der Waals surface area contributed by atoms with Gasteiger partial charge in [-0.1, -0.05) is 36.6 Å². The van der Waals surface area contributed by atoms with Crippen molar-refractivity contribution in [2.75, 3.05) is 18.9 Å². The highest BCUT2D eigenvalue weighted by atomic mass is 35.5. The third-order valence-electron chi connectivity index (χ3n) is 4.28. The number of hydrogen-bond acceptors (Lipinski definition) is 3. The van der Waals surface area contributed by atoms with Crippen LogP contribution in [0.1, 0.15) is 32.6 Å². The Bertz CT molecular complexity index is 559. The largest absolute Gasteiger partial charge is 0.352 e. The van der Waals surface area contributed by atoms with E-state index < -0.39 is 0 Å². The van der Waals surface area contributed by atoms with E-state index in [-0.39, 0.29) is 30.4 Å². The summed E-state index contributed by atoms with van der Waals surface area (Å²) in [5.41, 5.74) is 0.579. The van der Waals surface area contributed by atoms with Gasteiger partial charge in [0.25, 0.3) is 0 Å². The van der Waals surface area contributed by atoms with Gasteiger partial charge in [-0.2, -0.15) is 0 Å². The molecule has 1 aliphatic rings. The molecule has 0 radical (unpaired) electrons. The summed E-state index contributed by atoms with van der Waals surface area (Å²) >= 11 is 6.02. The second-order valence-electron chi connectivity index (χ2n) is 6.11. The summed E-state index contributed by atoms with van der Waals surface area (Å²) in [6.07, 6.45) is 4.45. The molecule has 23 heavy (non-hydrogen) atoms. The first-order chi connectivity index (χ1) is 11.0. The Hall–Kier alpha value is -1.59. The third kappa shape index (κ3) is 5.22. The average molecular weight is 338 g/mol. The van der Waals surface area contributed by atoms with Crippen LogP contribution < -0.4 is 10.6 Å². The lowest BCUT2D eigenvalue weighted by Gasteiger charge is -2.25. The molecule has 0 spiro atoms. The van der Waals surface area contributed by atoms with E-state index >= 15 is 0 Å². The average Bonchev–Trinajstić information content (AvgIpc) is 3.01. The summed E-state index contributed by atoms with van der Waals surface area (Å²) in [4.78, 5) is 26.1. The zero-order chi connectivity index (χ0) is 16.8. The molecule has 0 aromatic heterocycles. The SMILES string of the molecule is CC(C(=O)NC1CCCC1)N(C)CC(=O)Nc1ccccc1Cl. The minimum Gasteiger partial charge on any atom is -0.352 e. The number of benzene rings is 1. The number of carbonyl (C=O) groups excluding carboxylic acids is 2. The van der Waals surface area contributed by atoms with E-state index in [9.17, 15) is 9.59 Å². The molecule has 2 N–H and O–H groups in total. The van der Waals surface area contributed by atoms with Crippen LogP contribution in [-0.4, -0.2) is 42.4 Å². The maximum absolute atomic E-state index is 12.2. The standard InChI is InChI=1S/C17H24ClN3O2/c1-12(17(23)19-13-7-3-4-8-13)21(2)11-16(22)20-15-10-6-5-9-14(15)18/h5-6,9-10,12-13H,3-4,7-8,11H2,1-2H3,(H,19,23)(H,20,22). The van der Waals surface area contributed by atoms with Gasteiger partial charge < -0.3 is 10.6 Å². The van der Waals surface area contributed by atoms with Crippen LogP contribution >= 0.6 is 11.6 Å². The van der Waals surface area contributed by atoms with E-state index in [0.717, 1.165) is 12.8 Å². The number of hydrogen-bond donors (Lipinski definition) is 2. The Kier molecular flexibility index (Phi) is 6.42. The highest BCUT2D eigenvalue weighted by molar-refractivity contribution is 6.33. The quantitative estimate of drug-likeness (QED) is 0.839. The maximum Gasteiger partial charge on any atom is 0.238 e. The molecule has 2 amide bonds. The lowest BCUT2D eigenvalue weighted by Crippen LogP contribution is -2.48. The van der Waals surface area contributed by atoms with Crippen molar-refractivity contribution in [1.82, 2.24) is 10.2 Å². The summed E-state index contributed by atoms with van der Waals surface area (Å²) in [7, 11) is 1.77. The molecule has 0 saturated heterocycles. The molecular weight excluding hydrogens is 314 g/mol. The third-order valence-corrected chi connectivity index (χ3v) is 4.61. The van der Waals surface area contributed by atoms with Crippen molar-refractivity contribution in [2.45, 2.75) is 44.7 Å². The topological polar surface area (TPSA) is 61.4 Å². The maximum atomic E-state index is 12.2. The van der Waals surface area contributed by atoms with Gasteiger partial charge in [0.2, 0.25) is 11.8 Å². The zero-order valence-electron chi connectivity index (χ0n) is 13.6. The molecule has 0 heterocycles. The van der Waals surface area contributed by atoms with Gasteiger partial charge in [-0.15, -0.1) is 0 Å². The molecule has 1 unspecified atom stereocenters. The Morgan fingerprint density at radius 2 is 1.96 bits per heavy atom. The smallest absolute Gasteiger partial charge is 0.238 e. The van der Waals surface area contributed by atoms with Gasteiger partial charge in [0.1, 0.15) is 0 Å². The van der Waals surface area contributed by atoms with Gasteiger partial charge >= 0.3 is 0 Å². The van der Waals surface area contributed by atoms with Crippen molar-refractivity contribution in [3.05, 3.63) is 29.3 Å². The number of halogens is 1. The fraction of sp³-hybridized carbons (Fsp3) is 0.529. The van der Waals surface area contributed by atoms with Crippen LogP contribution in [0, 0.1) is 0 Å². The second kappa shape index (κ2) is 8.31. The summed E-state index contributed by atoms with van der Waals surface area (Å²) in [6, 6.07) is 7.01. The van der Waals surface area contributed by atoms with Gasteiger partial charge in [0.15, 0.2) is 0 Å². The first-order valence-electron chi connectivity index (χ1n) is 8.02. The van der Waals surface area contributed by atoms with Gasteiger partial charge in [0.05, 0.1) is 23.3 Å². The van der Waals surface area contributed by atoms with E-state index in [1.807, 2.05) is 13.0 Å². The lowest BCUT2D eigenvalue weighted by molar-refractivity contribution is -0.127. The highest BCUT2D eigenvalue weighted by Crippen LogP contribution is 2.20. The summed E-state index contributed by atoms with van der Waals surface area (Å²) in [5.74, 6) is -0.217. The number of para-hydroxylation sites is 1. The van der Waals surface area contributed by atoms with E-state index in [2.05, 4.69) is 10.6 Å². The van der Waals surface area contributed by atoms with Crippen LogP contribution in [0.25, 0.3) is 0 Å². The van der Waals surface area contributed by atoms with Gasteiger partial charge in [-0.05, 0) is 38.9 Å². The molecule has 1 saturated carbocycles. The molecule has 1 aliphatic carbocycles. The molecule has 5 nitrogen and oxygen atoms in total. The number of anilines is 1. The summed E-state index contributed by atoms with van der Waals surface area (Å²) < 4.78 is 0. The van der Waals surface area contributed by atoms with E-state index in [4.69, 9.17) is 11.6 Å². The van der Waals surface area contributed by atoms with Crippen molar-refractivity contribution in [1.29, 1.82) is 0 Å². The van der Waals surface area contributed by atoms with Crippen LogP contribution in [0.4, 0.5) is 5.69 Å². The molecule has 6 heteroatoms. The molecule has 2 rings (SSSR count). The number of carbonyl (C=O) groups is 2. The second-order valence-corrected chi connectivity index (χ2v) is 6.52. The Balaban J connectivity index is 1.82. The molecular formula is C17H24ClN3O2. The van der Waals surface area contributed by atoms with Gasteiger partial charge in [-0.25, -0.2) is 0 Å². The van der Waals surface area contributed by atoms with Crippen LogP contribution in [0.2, 0.25) is 5.02 Å². The summed E-state index contributed by atoms with van der Waals surface area (Å²) in [5, 5.41) is 6.32. The summed E-state index contributed by atoms with van der Waals surface area (Å²) in [6.45, 7) is 1.94. The fourth-order valence-electron chi connectivity index (χ4n) is 2.71. The van der Waals surface area contributed by atoms with Crippen molar-refractivity contribution in [3.63, 3.8) is 0 Å². The first-order valence-corrected chi connectivity index (χ1v) is 8.40. The lowest BCUT2D eigenvalue weighted by atomic mass is 10.2. The first kappa shape index (κ1) is 17.8. The van der Waals surface area contributed by atoms with Crippen LogP contribution in [-0.2, 0) is 9.59 Å². The van der Waals surface area contributed by atoms with Crippen molar-refractivity contribution >= 4 is 29.1 Å². The molecule has 1 fully saturated rings. The van der Waals surface area contributed by atoms with Crippen LogP contribution in [0.15, 0.2) is 24.3 Å². The van der Waals surface area contributed by atoms with Crippen molar-refractivity contribution in [3.8, 4) is 0 Å². The van der Waals surface area contributed by atoms with Crippen LogP contribution in [0.3, 0.4) is 0 Å². The minimum absolute atomic E-state index is 0.0232. The number of rotatable bonds is 6. The van der Waals surface area contributed by atoms with Crippen molar-refractivity contribution < 1.29 is 9.59 Å². The predicted octanol–water partition coefficient (Wildman–Crippen LogP) is 2.66. The monoisotopic (exact) mass is 337 g/mol. The molecule has 126 valence electrons. The number of nitrogens with one attached hydrogen (secondary N) is 2. The van der Waals surface area contributed by atoms with E-state index in [0.29, 0.717) is 10.7 Å². The predicted molar refractivity (Wildman–Crippen MR) is 92.6 cm³/mol. The van der Waals surface area contributed by atoms with Gasteiger partial charge in [-0.3, -0.25) is 14.5 Å². The van der Waals surface area contributed by atoms with Gasteiger partial charge in [0, 0.05) is 6.04 Å². The molecule has 0 bridgehead atoms. The van der Waals surface area contributed by atoms with E-state index in [1.165, 1.54) is 12.8 Å². The Labute approximate surface area is 142 Å². The normalized spacial score (nSPS) is 16.3. The molecule has 1 aromatic carbocycles. The molecule has 0 aliphatic heterocycles.